The molecule has 0 bridgehead atoms. The summed E-state index contributed by atoms with van der Waals surface area (Å²) in [5.74, 6) is 0.877. The van der Waals surface area contributed by atoms with E-state index in [4.69, 9.17) is 14.2 Å². The number of thiazole rings is 1. The maximum absolute atomic E-state index is 12.0. The quantitative estimate of drug-likeness (QED) is 0.915. The molecule has 0 saturated heterocycles. The maximum Gasteiger partial charge on any atom is 0.264 e. The van der Waals surface area contributed by atoms with E-state index in [0.717, 1.165) is 17.0 Å². The first-order chi connectivity index (χ1) is 10.8. The number of aromatic nitrogens is 1. The number of benzene rings is 1. The first kappa shape index (κ1) is 14.8. The largest absolute Gasteiger partial charge is 0.493 e. The van der Waals surface area contributed by atoms with E-state index in [1.807, 2.05) is 12.1 Å². The van der Waals surface area contributed by atoms with E-state index >= 15 is 0 Å². The van der Waals surface area contributed by atoms with Gasteiger partial charge in [0.2, 0.25) is 0 Å². The van der Waals surface area contributed by atoms with Crippen LogP contribution in [0.4, 0.5) is 5.13 Å². The smallest absolute Gasteiger partial charge is 0.264 e. The van der Waals surface area contributed by atoms with E-state index in [0.29, 0.717) is 29.8 Å². The first-order valence-electron chi connectivity index (χ1n) is 6.88. The molecule has 0 aliphatic carbocycles. The summed E-state index contributed by atoms with van der Waals surface area (Å²) in [5, 5.41) is 3.34. The second-order valence-corrected chi connectivity index (χ2v) is 5.76. The van der Waals surface area contributed by atoms with Gasteiger partial charge in [-0.05, 0) is 12.1 Å². The van der Waals surface area contributed by atoms with Gasteiger partial charge in [0, 0.05) is 6.42 Å². The van der Waals surface area contributed by atoms with Gasteiger partial charge in [0.05, 0.1) is 30.9 Å². The topological polar surface area (TPSA) is 69.7 Å². The third-order valence-corrected chi connectivity index (χ3v) is 4.16. The van der Waals surface area contributed by atoms with Crippen LogP contribution in [0.25, 0.3) is 0 Å². The Morgan fingerprint density at radius 1 is 1.41 bits per heavy atom. The molecule has 0 radical (unpaired) electrons. The normalized spacial score (nSPS) is 13.3. The van der Waals surface area contributed by atoms with Crippen molar-refractivity contribution in [3.63, 3.8) is 0 Å². The highest BCUT2D eigenvalue weighted by molar-refractivity contribution is 7.15. The van der Waals surface area contributed by atoms with Crippen LogP contribution in [0, 0.1) is 0 Å². The molecule has 6 nitrogen and oxygen atoms in total. The third kappa shape index (κ3) is 3.37. The van der Waals surface area contributed by atoms with Crippen LogP contribution in [0.5, 0.6) is 11.5 Å². The molecule has 22 heavy (non-hydrogen) atoms. The minimum atomic E-state index is -0.252. The second-order valence-electron chi connectivity index (χ2n) is 4.68. The first-order valence-corrected chi connectivity index (χ1v) is 7.70. The van der Waals surface area contributed by atoms with Gasteiger partial charge in [0.1, 0.15) is 0 Å². The Balaban J connectivity index is 1.57. The molecule has 1 aromatic carbocycles. The Kier molecular flexibility index (Phi) is 4.55. The summed E-state index contributed by atoms with van der Waals surface area (Å²) in [5.41, 5.74) is 1.01. The van der Waals surface area contributed by atoms with E-state index in [1.54, 1.807) is 19.2 Å². The molecule has 1 aliphatic heterocycles. The number of methoxy groups -OCH3 is 1. The zero-order valence-electron chi connectivity index (χ0n) is 12.1. The maximum atomic E-state index is 12.0. The molecule has 0 spiro atoms. The Labute approximate surface area is 132 Å². The highest BCUT2D eigenvalue weighted by atomic mass is 32.1. The van der Waals surface area contributed by atoms with Crippen molar-refractivity contribution in [3.8, 4) is 11.5 Å². The molecule has 0 fully saturated rings. The lowest BCUT2D eigenvalue weighted by atomic mass is 10.2. The van der Waals surface area contributed by atoms with Crippen molar-refractivity contribution in [2.75, 3.05) is 25.6 Å². The van der Waals surface area contributed by atoms with Gasteiger partial charge in [-0.15, -0.1) is 0 Å². The van der Waals surface area contributed by atoms with Crippen molar-refractivity contribution in [1.29, 1.82) is 0 Å². The number of nitrogens with zero attached hydrogens (tertiary/aromatic N) is 1. The van der Waals surface area contributed by atoms with Gasteiger partial charge in [-0.2, -0.15) is 0 Å². The fourth-order valence-electron chi connectivity index (χ4n) is 2.12. The molecule has 2 aromatic rings. The standard InChI is InChI=1S/C15H16N2O4S/c1-19-11-4-2-3-5-12(11)21-9-14(18)17-15-16-10-6-7-20-8-13(10)22-15/h2-5H,6-9H2,1H3,(H,16,17,18). The van der Waals surface area contributed by atoms with Crippen LogP contribution >= 0.6 is 11.3 Å². The van der Waals surface area contributed by atoms with E-state index in [-0.39, 0.29) is 12.5 Å². The molecular formula is C15H16N2O4S. The summed E-state index contributed by atoms with van der Waals surface area (Å²) < 4.78 is 16.0. The monoisotopic (exact) mass is 320 g/mol. The fraction of sp³-hybridized carbons (Fsp3) is 0.333. The number of para-hydroxylation sites is 2. The van der Waals surface area contributed by atoms with E-state index in [9.17, 15) is 4.79 Å². The van der Waals surface area contributed by atoms with Crippen LogP contribution in [0.3, 0.4) is 0 Å². The van der Waals surface area contributed by atoms with Crippen molar-refractivity contribution in [3.05, 3.63) is 34.8 Å². The van der Waals surface area contributed by atoms with Crippen molar-refractivity contribution >= 4 is 22.4 Å². The summed E-state index contributed by atoms with van der Waals surface area (Å²) in [6, 6.07) is 7.20. The number of nitrogens with one attached hydrogen (secondary N) is 1. The van der Waals surface area contributed by atoms with E-state index < -0.39 is 0 Å². The van der Waals surface area contributed by atoms with Crippen LogP contribution < -0.4 is 14.8 Å². The molecule has 2 heterocycles. The predicted molar refractivity (Wildman–Crippen MR) is 82.6 cm³/mol. The molecule has 7 heteroatoms. The van der Waals surface area contributed by atoms with Crippen molar-refractivity contribution in [2.45, 2.75) is 13.0 Å². The van der Waals surface area contributed by atoms with E-state index in [1.165, 1.54) is 11.3 Å². The molecule has 1 N–H and O–H groups in total. The van der Waals surface area contributed by atoms with Gasteiger partial charge in [0.15, 0.2) is 23.2 Å². The van der Waals surface area contributed by atoms with Crippen LogP contribution in [-0.2, 0) is 22.6 Å². The summed E-state index contributed by atoms with van der Waals surface area (Å²) in [6.07, 6.45) is 0.791. The molecule has 116 valence electrons. The molecule has 1 amide bonds. The van der Waals surface area contributed by atoms with Gasteiger partial charge in [0.25, 0.3) is 5.91 Å². The molecule has 0 saturated carbocycles. The fourth-order valence-corrected chi connectivity index (χ4v) is 3.08. The zero-order valence-corrected chi connectivity index (χ0v) is 12.9. The average Bonchev–Trinajstić information content (AvgIpc) is 2.95. The predicted octanol–water partition coefficient (Wildman–Crippen LogP) is 2.24. The van der Waals surface area contributed by atoms with E-state index in [2.05, 4.69) is 10.3 Å². The van der Waals surface area contributed by atoms with Crippen LogP contribution in [0.15, 0.2) is 24.3 Å². The summed E-state index contributed by atoms with van der Waals surface area (Å²) in [6.45, 7) is 1.16. The van der Waals surface area contributed by atoms with Gasteiger partial charge >= 0.3 is 0 Å². The highest BCUT2D eigenvalue weighted by Gasteiger charge is 2.17. The minimum absolute atomic E-state index is 0.0961. The number of amides is 1. The zero-order chi connectivity index (χ0) is 15.4. The Morgan fingerprint density at radius 3 is 3.00 bits per heavy atom. The number of hydrogen-bond donors (Lipinski definition) is 1. The van der Waals surface area contributed by atoms with Crippen molar-refractivity contribution in [2.24, 2.45) is 0 Å². The Morgan fingerprint density at radius 2 is 2.23 bits per heavy atom. The number of carbonyl (C=O) groups excluding carboxylic acids is 1. The van der Waals surface area contributed by atoms with Crippen LogP contribution in [-0.4, -0.2) is 31.2 Å². The molecular weight excluding hydrogens is 304 g/mol. The van der Waals surface area contributed by atoms with Crippen molar-refractivity contribution < 1.29 is 19.0 Å². The van der Waals surface area contributed by atoms with Gasteiger partial charge < -0.3 is 14.2 Å². The van der Waals surface area contributed by atoms with Gasteiger partial charge in [-0.25, -0.2) is 4.98 Å². The number of fused-ring (bicyclic) bond motifs is 1. The number of hydrogen-bond acceptors (Lipinski definition) is 6. The second kappa shape index (κ2) is 6.76. The summed E-state index contributed by atoms with van der Waals surface area (Å²) >= 11 is 1.44. The van der Waals surface area contributed by atoms with Crippen molar-refractivity contribution in [1.82, 2.24) is 4.98 Å². The lowest BCUT2D eigenvalue weighted by Crippen LogP contribution is -2.20. The molecule has 0 unspecified atom stereocenters. The number of rotatable bonds is 5. The number of anilines is 1. The Hall–Kier alpha value is -2.12. The third-order valence-electron chi connectivity index (χ3n) is 3.17. The lowest BCUT2D eigenvalue weighted by molar-refractivity contribution is -0.118. The van der Waals surface area contributed by atoms with Gasteiger partial charge in [-0.3, -0.25) is 10.1 Å². The van der Waals surface area contributed by atoms with Crippen LogP contribution in [0.2, 0.25) is 0 Å². The average molecular weight is 320 g/mol. The molecule has 3 rings (SSSR count). The minimum Gasteiger partial charge on any atom is -0.493 e. The molecule has 1 aliphatic rings. The molecule has 1 aromatic heterocycles. The van der Waals surface area contributed by atoms with Crippen LogP contribution in [0.1, 0.15) is 10.6 Å². The number of ether oxygens (including phenoxy) is 3. The summed E-state index contributed by atoms with van der Waals surface area (Å²) in [4.78, 5) is 17.4. The lowest BCUT2D eigenvalue weighted by Gasteiger charge is -2.09. The SMILES string of the molecule is COc1ccccc1OCC(=O)Nc1nc2c(s1)COCC2. The summed E-state index contributed by atoms with van der Waals surface area (Å²) in [7, 11) is 1.56. The highest BCUT2D eigenvalue weighted by Crippen LogP contribution is 2.28. The van der Waals surface area contributed by atoms with Gasteiger partial charge in [-0.1, -0.05) is 23.5 Å². The Bertz CT molecular complexity index is 648. The molecule has 0 atom stereocenters. The number of carbonyl (C=O) groups is 1.